The van der Waals surface area contributed by atoms with Gasteiger partial charge in [-0.3, -0.25) is 9.98 Å². The van der Waals surface area contributed by atoms with E-state index in [4.69, 9.17) is 10.5 Å². The standard InChI is InChI=1S/C23H33N5O2.HI/c1-17-12-18(2)14-20(13-17)27-21(24)26-10-7-11-28(22(29)30-23(3,4)5)16-19-8-6-9-25-15-19;/h6,8-9,12-15H,7,10-11,16H2,1-5H3,(H3,24,26,27);1H. The summed E-state index contributed by atoms with van der Waals surface area (Å²) in [5.41, 5.74) is 9.65. The highest BCUT2D eigenvalue weighted by atomic mass is 127. The Balaban J connectivity index is 0.00000480. The highest BCUT2D eigenvalue weighted by molar-refractivity contribution is 14.0. The third-order valence-corrected chi connectivity index (χ3v) is 4.11. The first kappa shape index (κ1) is 26.7. The number of aryl methyl sites for hydroxylation is 2. The second-order valence-corrected chi connectivity index (χ2v) is 8.39. The van der Waals surface area contributed by atoms with Crippen LogP contribution in [0.1, 0.15) is 43.9 Å². The van der Waals surface area contributed by atoms with Gasteiger partial charge in [0.2, 0.25) is 0 Å². The molecule has 31 heavy (non-hydrogen) atoms. The highest BCUT2D eigenvalue weighted by Crippen LogP contribution is 2.14. The van der Waals surface area contributed by atoms with Crippen LogP contribution >= 0.6 is 24.0 Å². The van der Waals surface area contributed by atoms with Crippen molar-refractivity contribution in [3.63, 3.8) is 0 Å². The number of rotatable bonds is 7. The number of anilines is 1. The number of amides is 1. The Morgan fingerprint density at radius 2 is 1.90 bits per heavy atom. The van der Waals surface area contributed by atoms with Gasteiger partial charge in [-0.2, -0.15) is 0 Å². The van der Waals surface area contributed by atoms with E-state index in [1.165, 1.54) is 0 Å². The lowest BCUT2D eigenvalue weighted by Gasteiger charge is -2.27. The number of guanidine groups is 1. The molecule has 7 nitrogen and oxygen atoms in total. The fraction of sp³-hybridized carbons (Fsp3) is 0.435. The van der Waals surface area contributed by atoms with Gasteiger partial charge in [-0.1, -0.05) is 12.1 Å². The molecule has 0 radical (unpaired) electrons. The Kier molecular flexibility index (Phi) is 10.7. The number of ether oxygens (including phenoxy) is 1. The minimum Gasteiger partial charge on any atom is -0.444 e. The summed E-state index contributed by atoms with van der Waals surface area (Å²) in [6.45, 7) is 11.1. The maximum Gasteiger partial charge on any atom is 0.410 e. The molecule has 0 spiro atoms. The van der Waals surface area contributed by atoms with E-state index in [0.717, 1.165) is 22.4 Å². The van der Waals surface area contributed by atoms with Gasteiger partial charge >= 0.3 is 6.09 Å². The van der Waals surface area contributed by atoms with Crippen LogP contribution in [0.4, 0.5) is 10.5 Å². The van der Waals surface area contributed by atoms with Crippen LogP contribution in [-0.2, 0) is 11.3 Å². The summed E-state index contributed by atoms with van der Waals surface area (Å²) in [7, 11) is 0. The number of pyridine rings is 1. The molecule has 2 aromatic rings. The molecule has 0 saturated heterocycles. The van der Waals surface area contributed by atoms with Gasteiger partial charge in [-0.05, 0) is 75.9 Å². The molecule has 1 aromatic heterocycles. The lowest BCUT2D eigenvalue weighted by molar-refractivity contribution is 0.0232. The Labute approximate surface area is 202 Å². The van der Waals surface area contributed by atoms with E-state index in [-0.39, 0.29) is 30.1 Å². The van der Waals surface area contributed by atoms with Crippen LogP contribution in [0, 0.1) is 13.8 Å². The minimum atomic E-state index is -0.553. The predicted octanol–water partition coefficient (Wildman–Crippen LogP) is 4.87. The van der Waals surface area contributed by atoms with Crippen LogP contribution in [-0.4, -0.2) is 40.6 Å². The first-order valence-electron chi connectivity index (χ1n) is 10.1. The molecule has 0 aliphatic rings. The van der Waals surface area contributed by atoms with Gasteiger partial charge in [0.05, 0.1) is 6.54 Å². The molecule has 2 rings (SSSR count). The van der Waals surface area contributed by atoms with Crippen molar-refractivity contribution in [3.8, 4) is 0 Å². The Bertz CT molecular complexity index is 846. The minimum absolute atomic E-state index is 0. The first-order chi connectivity index (χ1) is 14.1. The van der Waals surface area contributed by atoms with E-state index >= 15 is 0 Å². The summed E-state index contributed by atoms with van der Waals surface area (Å²) < 4.78 is 5.55. The average Bonchev–Trinajstić information content (AvgIpc) is 2.62. The van der Waals surface area contributed by atoms with E-state index < -0.39 is 5.60 Å². The number of hydrogen-bond donors (Lipinski definition) is 2. The second kappa shape index (κ2) is 12.5. The van der Waals surface area contributed by atoms with Crippen molar-refractivity contribution in [2.45, 2.75) is 53.2 Å². The van der Waals surface area contributed by atoms with Crippen molar-refractivity contribution in [2.24, 2.45) is 10.7 Å². The van der Waals surface area contributed by atoms with E-state index in [9.17, 15) is 4.79 Å². The number of nitrogens with two attached hydrogens (primary N) is 1. The van der Waals surface area contributed by atoms with Gasteiger partial charge in [-0.15, -0.1) is 24.0 Å². The number of carbonyl (C=O) groups is 1. The number of aromatic nitrogens is 1. The van der Waals surface area contributed by atoms with Crippen LogP contribution in [0.5, 0.6) is 0 Å². The summed E-state index contributed by atoms with van der Waals surface area (Å²) in [6, 6.07) is 9.94. The summed E-state index contributed by atoms with van der Waals surface area (Å²) in [6.07, 6.45) is 3.77. The molecule has 0 aliphatic heterocycles. The summed E-state index contributed by atoms with van der Waals surface area (Å²) >= 11 is 0. The van der Waals surface area contributed by atoms with Crippen molar-refractivity contribution in [1.82, 2.24) is 9.88 Å². The molecular formula is C23H34IN5O2. The van der Waals surface area contributed by atoms with Crippen LogP contribution in [0.25, 0.3) is 0 Å². The topological polar surface area (TPSA) is 92.8 Å². The molecule has 0 aliphatic carbocycles. The zero-order valence-electron chi connectivity index (χ0n) is 19.0. The molecule has 1 amide bonds. The van der Waals surface area contributed by atoms with Gasteiger partial charge in [-0.25, -0.2) is 4.79 Å². The monoisotopic (exact) mass is 539 g/mol. The van der Waals surface area contributed by atoms with Gasteiger partial charge in [0.1, 0.15) is 5.60 Å². The average molecular weight is 539 g/mol. The smallest absolute Gasteiger partial charge is 0.410 e. The molecule has 0 atom stereocenters. The van der Waals surface area contributed by atoms with Crippen molar-refractivity contribution in [1.29, 1.82) is 0 Å². The van der Waals surface area contributed by atoms with Crippen molar-refractivity contribution in [3.05, 3.63) is 59.4 Å². The first-order valence-corrected chi connectivity index (χ1v) is 10.1. The molecule has 1 aromatic carbocycles. The molecule has 0 unspecified atom stereocenters. The van der Waals surface area contributed by atoms with Gasteiger partial charge in [0.25, 0.3) is 0 Å². The number of hydrogen-bond acceptors (Lipinski definition) is 4. The molecule has 8 heteroatoms. The van der Waals surface area contributed by atoms with Crippen LogP contribution in [0.3, 0.4) is 0 Å². The van der Waals surface area contributed by atoms with E-state index in [2.05, 4.69) is 21.4 Å². The molecule has 0 fully saturated rings. The SMILES string of the molecule is Cc1cc(C)cc(NC(N)=NCCCN(Cc2cccnc2)C(=O)OC(C)(C)C)c1.I. The van der Waals surface area contributed by atoms with E-state index in [1.54, 1.807) is 17.3 Å². The zero-order chi connectivity index (χ0) is 22.1. The number of carbonyl (C=O) groups excluding carboxylic acids is 1. The Morgan fingerprint density at radius 1 is 1.23 bits per heavy atom. The predicted molar refractivity (Wildman–Crippen MR) is 137 cm³/mol. The maximum absolute atomic E-state index is 12.6. The lowest BCUT2D eigenvalue weighted by atomic mass is 10.1. The molecule has 0 bridgehead atoms. The van der Waals surface area contributed by atoms with Gasteiger partial charge in [0, 0.05) is 31.2 Å². The molecule has 3 N–H and O–H groups in total. The maximum atomic E-state index is 12.6. The molecule has 0 saturated carbocycles. The number of nitrogens with zero attached hydrogens (tertiary/aromatic N) is 3. The lowest BCUT2D eigenvalue weighted by Crippen LogP contribution is -2.37. The van der Waals surface area contributed by atoms with Crippen LogP contribution < -0.4 is 11.1 Å². The summed E-state index contributed by atoms with van der Waals surface area (Å²) in [4.78, 5) is 22.8. The van der Waals surface area contributed by atoms with Crippen LogP contribution in [0.2, 0.25) is 0 Å². The number of benzene rings is 1. The summed E-state index contributed by atoms with van der Waals surface area (Å²) in [5.74, 6) is 0.357. The second-order valence-electron chi connectivity index (χ2n) is 8.39. The van der Waals surface area contributed by atoms with E-state index in [0.29, 0.717) is 32.0 Å². The molecule has 170 valence electrons. The quantitative estimate of drug-likeness (QED) is 0.227. The van der Waals surface area contributed by atoms with Crippen LogP contribution in [0.15, 0.2) is 47.7 Å². The summed E-state index contributed by atoms with van der Waals surface area (Å²) in [5, 5.41) is 3.12. The Hall–Kier alpha value is -2.36. The van der Waals surface area contributed by atoms with Gasteiger partial charge < -0.3 is 20.7 Å². The third kappa shape index (κ3) is 10.5. The van der Waals surface area contributed by atoms with Crippen molar-refractivity contribution < 1.29 is 9.53 Å². The molecule has 1 heterocycles. The Morgan fingerprint density at radius 3 is 2.48 bits per heavy atom. The van der Waals surface area contributed by atoms with E-state index in [1.807, 2.05) is 58.9 Å². The largest absolute Gasteiger partial charge is 0.444 e. The number of aliphatic imine (C=N–C) groups is 1. The zero-order valence-corrected chi connectivity index (χ0v) is 21.3. The molecular weight excluding hydrogens is 505 g/mol. The van der Waals surface area contributed by atoms with Crippen molar-refractivity contribution >= 4 is 41.7 Å². The third-order valence-electron chi connectivity index (χ3n) is 4.11. The fourth-order valence-corrected chi connectivity index (χ4v) is 2.97. The fourth-order valence-electron chi connectivity index (χ4n) is 2.97. The van der Waals surface area contributed by atoms with Gasteiger partial charge in [0.15, 0.2) is 5.96 Å². The van der Waals surface area contributed by atoms with Crippen molar-refractivity contribution in [2.75, 3.05) is 18.4 Å². The normalized spacial score (nSPS) is 11.5. The number of nitrogens with one attached hydrogen (secondary N) is 1. The highest BCUT2D eigenvalue weighted by Gasteiger charge is 2.22. The number of halogens is 1.